The zero-order chi connectivity index (χ0) is 13.7. The fraction of sp³-hybridized carbons (Fsp3) is 0.600. The molecule has 1 fully saturated rings. The number of hydrogen-bond donors (Lipinski definition) is 1. The SMILES string of the molecule is CCOc1ccc(Cl)cc1CN1CCC[C@@H](CN)C1.Cl. The van der Waals surface area contributed by atoms with Gasteiger partial charge in [0.25, 0.3) is 0 Å². The monoisotopic (exact) mass is 318 g/mol. The van der Waals surface area contributed by atoms with Gasteiger partial charge in [0.05, 0.1) is 6.61 Å². The third-order valence-electron chi connectivity index (χ3n) is 3.65. The summed E-state index contributed by atoms with van der Waals surface area (Å²) in [5, 5.41) is 0.769. The van der Waals surface area contributed by atoms with E-state index >= 15 is 0 Å². The number of ether oxygens (including phenoxy) is 1. The second-order valence-corrected chi connectivity index (χ2v) is 5.60. The van der Waals surface area contributed by atoms with Crippen molar-refractivity contribution in [1.82, 2.24) is 4.90 Å². The van der Waals surface area contributed by atoms with Crippen molar-refractivity contribution in [2.45, 2.75) is 26.3 Å². The molecule has 1 saturated heterocycles. The Labute approximate surface area is 132 Å². The molecule has 0 aliphatic carbocycles. The van der Waals surface area contributed by atoms with Gasteiger partial charge in [0.2, 0.25) is 0 Å². The summed E-state index contributed by atoms with van der Waals surface area (Å²) < 4.78 is 5.68. The molecule has 20 heavy (non-hydrogen) atoms. The van der Waals surface area contributed by atoms with Crippen LogP contribution in [0.5, 0.6) is 5.75 Å². The third-order valence-corrected chi connectivity index (χ3v) is 3.89. The van der Waals surface area contributed by atoms with Crippen molar-refractivity contribution in [2.24, 2.45) is 11.7 Å². The van der Waals surface area contributed by atoms with Crippen LogP contribution in [0, 0.1) is 5.92 Å². The van der Waals surface area contributed by atoms with Gasteiger partial charge in [-0.05, 0) is 57.0 Å². The van der Waals surface area contributed by atoms with Crippen LogP contribution < -0.4 is 10.5 Å². The van der Waals surface area contributed by atoms with E-state index < -0.39 is 0 Å². The Bertz CT molecular complexity index is 415. The quantitative estimate of drug-likeness (QED) is 0.905. The lowest BCUT2D eigenvalue weighted by Crippen LogP contribution is -2.37. The number of nitrogens with two attached hydrogens (primary N) is 1. The van der Waals surface area contributed by atoms with Gasteiger partial charge in [-0.3, -0.25) is 4.90 Å². The smallest absolute Gasteiger partial charge is 0.123 e. The number of halogens is 2. The zero-order valence-corrected chi connectivity index (χ0v) is 13.6. The molecule has 2 rings (SSSR count). The van der Waals surface area contributed by atoms with E-state index in [1.165, 1.54) is 18.4 Å². The summed E-state index contributed by atoms with van der Waals surface area (Å²) in [6.45, 7) is 6.57. The van der Waals surface area contributed by atoms with Gasteiger partial charge < -0.3 is 10.5 Å². The predicted molar refractivity (Wildman–Crippen MR) is 86.9 cm³/mol. The second-order valence-electron chi connectivity index (χ2n) is 5.16. The van der Waals surface area contributed by atoms with Crippen molar-refractivity contribution in [3.8, 4) is 5.75 Å². The molecule has 3 nitrogen and oxygen atoms in total. The minimum atomic E-state index is 0. The Morgan fingerprint density at radius 3 is 2.95 bits per heavy atom. The van der Waals surface area contributed by atoms with Crippen molar-refractivity contribution in [2.75, 3.05) is 26.2 Å². The van der Waals surface area contributed by atoms with Gasteiger partial charge in [-0.25, -0.2) is 0 Å². The number of rotatable bonds is 5. The molecule has 0 amide bonds. The average molecular weight is 319 g/mol. The minimum absolute atomic E-state index is 0. The molecular weight excluding hydrogens is 295 g/mol. The van der Waals surface area contributed by atoms with Crippen LogP contribution >= 0.6 is 24.0 Å². The van der Waals surface area contributed by atoms with Gasteiger partial charge in [-0.15, -0.1) is 12.4 Å². The molecule has 0 unspecified atom stereocenters. The van der Waals surface area contributed by atoms with E-state index in [-0.39, 0.29) is 12.4 Å². The molecule has 1 atom stereocenters. The van der Waals surface area contributed by atoms with Crippen LogP contribution in [0.15, 0.2) is 18.2 Å². The van der Waals surface area contributed by atoms with Gasteiger partial charge in [0, 0.05) is 23.7 Å². The number of nitrogens with zero attached hydrogens (tertiary/aromatic N) is 1. The minimum Gasteiger partial charge on any atom is -0.494 e. The molecule has 0 spiro atoms. The first-order valence-electron chi connectivity index (χ1n) is 7.06. The molecule has 0 bridgehead atoms. The summed E-state index contributed by atoms with van der Waals surface area (Å²) >= 11 is 6.10. The zero-order valence-electron chi connectivity index (χ0n) is 12.0. The summed E-state index contributed by atoms with van der Waals surface area (Å²) in [6, 6.07) is 5.86. The normalized spacial score (nSPS) is 19.4. The Morgan fingerprint density at radius 1 is 1.45 bits per heavy atom. The van der Waals surface area contributed by atoms with Gasteiger partial charge in [0.15, 0.2) is 0 Å². The standard InChI is InChI=1S/C15H23ClN2O.ClH/c1-2-19-15-6-5-14(16)8-13(15)11-18-7-3-4-12(9-17)10-18;/h5-6,8,12H,2-4,7,9-11,17H2,1H3;1H/t12-;/m0./s1. The highest BCUT2D eigenvalue weighted by atomic mass is 35.5. The van der Waals surface area contributed by atoms with E-state index in [1.54, 1.807) is 0 Å². The molecule has 1 aromatic rings. The maximum atomic E-state index is 6.10. The van der Waals surface area contributed by atoms with Gasteiger partial charge in [-0.2, -0.15) is 0 Å². The Balaban J connectivity index is 0.00000200. The third kappa shape index (κ3) is 4.81. The first kappa shape index (κ1) is 17.6. The average Bonchev–Trinajstić information content (AvgIpc) is 2.42. The number of hydrogen-bond acceptors (Lipinski definition) is 3. The molecular formula is C15H24Cl2N2O. The molecule has 1 aromatic carbocycles. The van der Waals surface area contributed by atoms with Crippen LogP contribution in [0.1, 0.15) is 25.3 Å². The maximum absolute atomic E-state index is 6.10. The van der Waals surface area contributed by atoms with E-state index in [2.05, 4.69) is 4.90 Å². The topological polar surface area (TPSA) is 38.5 Å². The van der Waals surface area contributed by atoms with Crippen LogP contribution in [0.2, 0.25) is 5.02 Å². The Kier molecular flexibility index (Phi) is 7.67. The largest absolute Gasteiger partial charge is 0.494 e. The highest BCUT2D eigenvalue weighted by molar-refractivity contribution is 6.30. The van der Waals surface area contributed by atoms with Crippen LogP contribution in [0.3, 0.4) is 0 Å². The van der Waals surface area contributed by atoms with E-state index in [0.717, 1.165) is 37.0 Å². The van der Waals surface area contributed by atoms with Gasteiger partial charge >= 0.3 is 0 Å². The molecule has 5 heteroatoms. The summed E-state index contributed by atoms with van der Waals surface area (Å²) in [5.74, 6) is 1.57. The van der Waals surface area contributed by atoms with Gasteiger partial charge in [-0.1, -0.05) is 11.6 Å². The van der Waals surface area contributed by atoms with Gasteiger partial charge in [0.1, 0.15) is 5.75 Å². The summed E-state index contributed by atoms with van der Waals surface area (Å²) in [5.41, 5.74) is 6.96. The van der Waals surface area contributed by atoms with Crippen LogP contribution in [0.4, 0.5) is 0 Å². The fourth-order valence-corrected chi connectivity index (χ4v) is 2.89. The first-order valence-corrected chi connectivity index (χ1v) is 7.44. The van der Waals surface area contributed by atoms with Crippen molar-refractivity contribution in [3.05, 3.63) is 28.8 Å². The van der Waals surface area contributed by atoms with E-state index in [4.69, 9.17) is 22.1 Å². The molecule has 2 N–H and O–H groups in total. The molecule has 0 aromatic heterocycles. The van der Waals surface area contributed by atoms with Crippen molar-refractivity contribution < 1.29 is 4.74 Å². The first-order chi connectivity index (χ1) is 9.22. The second kappa shape index (κ2) is 8.73. The van der Waals surface area contributed by atoms with E-state index in [1.807, 2.05) is 25.1 Å². The summed E-state index contributed by atoms with van der Waals surface area (Å²) in [7, 11) is 0. The summed E-state index contributed by atoms with van der Waals surface area (Å²) in [6.07, 6.45) is 2.48. The Morgan fingerprint density at radius 2 is 2.25 bits per heavy atom. The molecule has 1 heterocycles. The number of benzene rings is 1. The van der Waals surface area contributed by atoms with Crippen LogP contribution in [-0.2, 0) is 6.54 Å². The fourth-order valence-electron chi connectivity index (χ4n) is 2.70. The molecule has 0 saturated carbocycles. The molecule has 0 radical (unpaired) electrons. The highest BCUT2D eigenvalue weighted by Gasteiger charge is 2.19. The van der Waals surface area contributed by atoms with Crippen molar-refractivity contribution in [1.29, 1.82) is 0 Å². The predicted octanol–water partition coefficient (Wildman–Crippen LogP) is 3.33. The molecule has 1 aliphatic rings. The van der Waals surface area contributed by atoms with Crippen molar-refractivity contribution >= 4 is 24.0 Å². The number of piperidine rings is 1. The Hall–Kier alpha value is -0.480. The maximum Gasteiger partial charge on any atom is 0.123 e. The van der Waals surface area contributed by atoms with Crippen LogP contribution in [-0.4, -0.2) is 31.1 Å². The lowest BCUT2D eigenvalue weighted by Gasteiger charge is -2.32. The van der Waals surface area contributed by atoms with E-state index in [0.29, 0.717) is 12.5 Å². The summed E-state index contributed by atoms with van der Waals surface area (Å²) in [4.78, 5) is 2.45. The van der Waals surface area contributed by atoms with E-state index in [9.17, 15) is 0 Å². The lowest BCUT2D eigenvalue weighted by atomic mass is 9.98. The van der Waals surface area contributed by atoms with Crippen LogP contribution in [0.25, 0.3) is 0 Å². The van der Waals surface area contributed by atoms with Crippen molar-refractivity contribution in [3.63, 3.8) is 0 Å². The highest BCUT2D eigenvalue weighted by Crippen LogP contribution is 2.26. The molecule has 1 aliphatic heterocycles. The number of likely N-dealkylation sites (tertiary alicyclic amines) is 1. The molecule has 114 valence electrons. The lowest BCUT2D eigenvalue weighted by molar-refractivity contribution is 0.169.